The monoisotopic (exact) mass is 312 g/mol. The molecule has 0 N–H and O–H groups in total. The molecule has 1 aromatic carbocycles. The first-order valence-electron chi connectivity index (χ1n) is 7.41. The Hall–Kier alpha value is -1.94. The molecule has 22 heavy (non-hydrogen) atoms. The third-order valence-electron chi connectivity index (χ3n) is 3.80. The van der Waals surface area contributed by atoms with Crippen molar-refractivity contribution in [2.75, 3.05) is 7.11 Å². The second-order valence-electron chi connectivity index (χ2n) is 5.89. The minimum Gasteiger partial charge on any atom is -0.497 e. The van der Waals surface area contributed by atoms with E-state index in [0.717, 1.165) is 38.6 Å². The minimum absolute atomic E-state index is 0.450. The summed E-state index contributed by atoms with van der Waals surface area (Å²) in [5.41, 5.74) is 5.25. The van der Waals surface area contributed by atoms with Crippen molar-refractivity contribution in [3.05, 3.63) is 39.7 Å². The Labute approximate surface area is 135 Å². The van der Waals surface area contributed by atoms with Gasteiger partial charge in [0, 0.05) is 16.7 Å². The standard InChI is InChI=1S/C18H20N2OS/c1-10(2)18-20-16(9-22-18)15-7-11(3)14-8-13(21-5)6-12(4)17(14)19-15/h6-10H,1-5H3. The molecule has 0 unspecified atom stereocenters. The first-order valence-corrected chi connectivity index (χ1v) is 8.29. The van der Waals surface area contributed by atoms with Gasteiger partial charge in [0.15, 0.2) is 0 Å². The summed E-state index contributed by atoms with van der Waals surface area (Å²) < 4.78 is 5.36. The second kappa shape index (κ2) is 5.69. The van der Waals surface area contributed by atoms with Crippen LogP contribution in [0.3, 0.4) is 0 Å². The Bertz CT molecular complexity index is 836. The molecule has 2 aromatic heterocycles. The molecule has 0 aliphatic carbocycles. The first kappa shape index (κ1) is 15.0. The van der Waals surface area contributed by atoms with E-state index in [1.165, 1.54) is 5.56 Å². The van der Waals surface area contributed by atoms with Gasteiger partial charge in [-0.2, -0.15) is 0 Å². The number of fused-ring (bicyclic) bond motifs is 1. The molecular formula is C18H20N2OS. The molecule has 3 aromatic rings. The van der Waals surface area contributed by atoms with Crippen molar-refractivity contribution in [2.45, 2.75) is 33.6 Å². The summed E-state index contributed by atoms with van der Waals surface area (Å²) in [4.78, 5) is 9.57. The molecule has 0 aliphatic rings. The Morgan fingerprint density at radius 3 is 2.41 bits per heavy atom. The van der Waals surface area contributed by atoms with Crippen molar-refractivity contribution >= 4 is 22.2 Å². The van der Waals surface area contributed by atoms with E-state index in [9.17, 15) is 0 Å². The molecule has 0 saturated carbocycles. The Morgan fingerprint density at radius 1 is 1.00 bits per heavy atom. The highest BCUT2D eigenvalue weighted by Gasteiger charge is 2.12. The summed E-state index contributed by atoms with van der Waals surface area (Å²) in [6.45, 7) is 8.51. The van der Waals surface area contributed by atoms with Crippen LogP contribution in [0.5, 0.6) is 5.75 Å². The zero-order valence-corrected chi connectivity index (χ0v) is 14.4. The minimum atomic E-state index is 0.450. The average Bonchev–Trinajstić information content (AvgIpc) is 2.97. The largest absolute Gasteiger partial charge is 0.497 e. The Kier molecular flexibility index (Phi) is 3.87. The molecule has 3 nitrogen and oxygen atoms in total. The van der Waals surface area contributed by atoms with Crippen LogP contribution in [0.25, 0.3) is 22.3 Å². The van der Waals surface area contributed by atoms with Gasteiger partial charge in [-0.1, -0.05) is 13.8 Å². The number of aromatic nitrogens is 2. The molecule has 114 valence electrons. The van der Waals surface area contributed by atoms with Crippen molar-refractivity contribution < 1.29 is 4.74 Å². The molecule has 0 aliphatic heterocycles. The first-order chi connectivity index (χ1) is 10.5. The quantitative estimate of drug-likeness (QED) is 0.674. The van der Waals surface area contributed by atoms with E-state index in [2.05, 4.69) is 45.2 Å². The molecule has 0 radical (unpaired) electrons. The van der Waals surface area contributed by atoms with E-state index in [1.807, 2.05) is 6.07 Å². The van der Waals surface area contributed by atoms with Gasteiger partial charge < -0.3 is 4.74 Å². The van der Waals surface area contributed by atoms with Crippen molar-refractivity contribution in [3.8, 4) is 17.1 Å². The number of hydrogen-bond acceptors (Lipinski definition) is 4. The number of aryl methyl sites for hydroxylation is 2. The molecule has 0 bridgehead atoms. The van der Waals surface area contributed by atoms with Crippen molar-refractivity contribution in [2.24, 2.45) is 0 Å². The van der Waals surface area contributed by atoms with Crippen molar-refractivity contribution in [1.82, 2.24) is 9.97 Å². The number of rotatable bonds is 3. The van der Waals surface area contributed by atoms with Gasteiger partial charge in [0.2, 0.25) is 0 Å². The molecule has 0 amide bonds. The van der Waals surface area contributed by atoms with Gasteiger partial charge in [-0.15, -0.1) is 11.3 Å². The SMILES string of the molecule is COc1cc(C)c2nc(-c3csc(C(C)C)n3)cc(C)c2c1. The van der Waals surface area contributed by atoms with Gasteiger partial charge in [-0.25, -0.2) is 9.97 Å². The van der Waals surface area contributed by atoms with Gasteiger partial charge in [-0.05, 0) is 43.2 Å². The van der Waals surface area contributed by atoms with Gasteiger partial charge >= 0.3 is 0 Å². The number of nitrogens with zero attached hydrogens (tertiary/aromatic N) is 2. The van der Waals surface area contributed by atoms with Crippen molar-refractivity contribution in [1.29, 1.82) is 0 Å². The molecule has 3 rings (SSSR count). The highest BCUT2D eigenvalue weighted by Crippen LogP contribution is 2.31. The lowest BCUT2D eigenvalue weighted by Crippen LogP contribution is -1.94. The fourth-order valence-corrected chi connectivity index (χ4v) is 3.38. The molecule has 4 heteroatoms. The zero-order valence-electron chi connectivity index (χ0n) is 13.6. The average molecular weight is 312 g/mol. The van der Waals surface area contributed by atoms with E-state index < -0.39 is 0 Å². The number of benzene rings is 1. The molecule has 0 saturated heterocycles. The number of ether oxygens (including phenoxy) is 1. The van der Waals surface area contributed by atoms with Crippen LogP contribution in [0, 0.1) is 13.8 Å². The summed E-state index contributed by atoms with van der Waals surface area (Å²) in [5.74, 6) is 1.32. The van der Waals surface area contributed by atoms with Crippen LogP contribution in [0.15, 0.2) is 23.6 Å². The van der Waals surface area contributed by atoms with Crippen LogP contribution in [0.2, 0.25) is 0 Å². The highest BCUT2D eigenvalue weighted by atomic mass is 32.1. The highest BCUT2D eigenvalue weighted by molar-refractivity contribution is 7.10. The lowest BCUT2D eigenvalue weighted by atomic mass is 10.0. The normalized spacial score (nSPS) is 11.4. The van der Waals surface area contributed by atoms with E-state index in [1.54, 1.807) is 18.4 Å². The van der Waals surface area contributed by atoms with Crippen LogP contribution in [-0.4, -0.2) is 17.1 Å². The van der Waals surface area contributed by atoms with E-state index in [0.29, 0.717) is 5.92 Å². The topological polar surface area (TPSA) is 35.0 Å². The maximum absolute atomic E-state index is 5.36. The van der Waals surface area contributed by atoms with E-state index >= 15 is 0 Å². The zero-order chi connectivity index (χ0) is 15.9. The number of hydrogen-bond donors (Lipinski definition) is 0. The fraction of sp³-hybridized carbons (Fsp3) is 0.333. The smallest absolute Gasteiger partial charge is 0.119 e. The summed E-state index contributed by atoms with van der Waals surface area (Å²) in [6.07, 6.45) is 0. The predicted octanol–water partition coefficient (Wildman–Crippen LogP) is 5.11. The van der Waals surface area contributed by atoms with Crippen LogP contribution in [0.1, 0.15) is 35.9 Å². The number of methoxy groups -OCH3 is 1. The third kappa shape index (κ3) is 2.59. The van der Waals surface area contributed by atoms with Crippen LogP contribution in [-0.2, 0) is 0 Å². The van der Waals surface area contributed by atoms with E-state index in [-0.39, 0.29) is 0 Å². The van der Waals surface area contributed by atoms with Gasteiger partial charge in [0.25, 0.3) is 0 Å². The Balaban J connectivity index is 2.17. The second-order valence-corrected chi connectivity index (χ2v) is 6.78. The van der Waals surface area contributed by atoms with Gasteiger partial charge in [0.05, 0.1) is 29.0 Å². The maximum Gasteiger partial charge on any atom is 0.119 e. The summed E-state index contributed by atoms with van der Waals surface area (Å²) in [6, 6.07) is 6.19. The van der Waals surface area contributed by atoms with Gasteiger partial charge in [-0.3, -0.25) is 0 Å². The lowest BCUT2D eigenvalue weighted by molar-refractivity contribution is 0.415. The van der Waals surface area contributed by atoms with Crippen LogP contribution in [0.4, 0.5) is 0 Å². The molecule has 0 fully saturated rings. The van der Waals surface area contributed by atoms with Crippen LogP contribution >= 0.6 is 11.3 Å². The summed E-state index contributed by atoms with van der Waals surface area (Å²) >= 11 is 1.70. The predicted molar refractivity (Wildman–Crippen MR) is 93.0 cm³/mol. The summed E-state index contributed by atoms with van der Waals surface area (Å²) in [7, 11) is 1.69. The fourth-order valence-electron chi connectivity index (χ4n) is 2.55. The number of pyridine rings is 1. The third-order valence-corrected chi connectivity index (χ3v) is 4.94. The molecule has 0 atom stereocenters. The summed E-state index contributed by atoms with van der Waals surface area (Å²) in [5, 5.41) is 4.39. The molecule has 0 spiro atoms. The Morgan fingerprint density at radius 2 is 1.77 bits per heavy atom. The molecule has 2 heterocycles. The molecular weight excluding hydrogens is 292 g/mol. The lowest BCUT2D eigenvalue weighted by Gasteiger charge is -2.10. The van der Waals surface area contributed by atoms with E-state index in [4.69, 9.17) is 14.7 Å². The van der Waals surface area contributed by atoms with Crippen molar-refractivity contribution in [3.63, 3.8) is 0 Å². The van der Waals surface area contributed by atoms with Gasteiger partial charge in [0.1, 0.15) is 5.75 Å². The van der Waals surface area contributed by atoms with Crippen LogP contribution < -0.4 is 4.74 Å². The maximum atomic E-state index is 5.36. The number of thiazole rings is 1.